The van der Waals surface area contributed by atoms with E-state index in [0.29, 0.717) is 5.56 Å². The first-order valence-electron chi connectivity index (χ1n) is 13.8. The Morgan fingerprint density at radius 1 is 0.548 bits per heavy atom. The minimum atomic E-state index is 0.664. The summed E-state index contributed by atoms with van der Waals surface area (Å²) in [5.41, 5.74) is 7.62. The molecule has 0 saturated carbocycles. The van der Waals surface area contributed by atoms with Crippen molar-refractivity contribution >= 4 is 97.7 Å². The van der Waals surface area contributed by atoms with Gasteiger partial charge in [0.15, 0.2) is 0 Å². The lowest BCUT2D eigenvalue weighted by Crippen LogP contribution is -1.95. The van der Waals surface area contributed by atoms with Crippen molar-refractivity contribution in [3.05, 3.63) is 130 Å². The number of hydrogen-bond acceptors (Lipinski definition) is 2. The van der Waals surface area contributed by atoms with Crippen LogP contribution in [0.2, 0.25) is 0 Å². The molecule has 0 unspecified atom stereocenters. The van der Waals surface area contributed by atoms with Crippen molar-refractivity contribution in [2.45, 2.75) is 0 Å². The first-order valence-corrected chi connectivity index (χ1v) is 15.7. The Bertz CT molecular complexity index is 2610. The van der Waals surface area contributed by atoms with Crippen LogP contribution < -0.4 is 0 Å². The molecule has 3 nitrogen and oxygen atoms in total. The lowest BCUT2D eigenvalue weighted by atomic mass is 10.1. The molecule has 0 radical (unpaired) electrons. The predicted octanol–water partition coefficient (Wildman–Crippen LogP) is 10.7. The zero-order chi connectivity index (χ0) is 27.9. The highest BCUT2D eigenvalue weighted by atomic mass is 127. The van der Waals surface area contributed by atoms with Gasteiger partial charge in [-0.25, -0.2) is 0 Å². The van der Waals surface area contributed by atoms with Gasteiger partial charge >= 0.3 is 0 Å². The van der Waals surface area contributed by atoms with Gasteiger partial charge in [-0.05, 0) is 77.2 Å². The van der Waals surface area contributed by atoms with E-state index in [4.69, 9.17) is 0 Å². The number of rotatable bonds is 2. The van der Waals surface area contributed by atoms with E-state index < -0.39 is 0 Å². The summed E-state index contributed by atoms with van der Waals surface area (Å²) in [5.74, 6) is 0. The molecule has 0 spiro atoms. The molecular weight excluding hydrogens is 645 g/mol. The van der Waals surface area contributed by atoms with Crippen LogP contribution in [0, 0.1) is 14.9 Å². The summed E-state index contributed by atoms with van der Waals surface area (Å²) in [6, 6.07) is 45.6. The van der Waals surface area contributed by atoms with Gasteiger partial charge in [0.05, 0.1) is 49.8 Å². The van der Waals surface area contributed by atoms with Crippen molar-refractivity contribution in [2.24, 2.45) is 0 Å². The zero-order valence-corrected chi connectivity index (χ0v) is 25.1. The van der Waals surface area contributed by atoms with Crippen LogP contribution in [0.3, 0.4) is 0 Å². The number of fused-ring (bicyclic) bond motifs is 9. The van der Waals surface area contributed by atoms with Gasteiger partial charge in [-0.15, -0.1) is 11.3 Å². The van der Waals surface area contributed by atoms with E-state index in [0.717, 1.165) is 22.1 Å². The average molecular weight is 666 g/mol. The summed E-state index contributed by atoms with van der Waals surface area (Å²) < 4.78 is 8.50. The number of nitriles is 1. The summed E-state index contributed by atoms with van der Waals surface area (Å²) in [6.07, 6.45) is 0. The molecule has 0 atom stereocenters. The van der Waals surface area contributed by atoms with E-state index in [1.54, 1.807) is 0 Å². The van der Waals surface area contributed by atoms with Crippen LogP contribution in [0.4, 0.5) is 0 Å². The molecule has 0 amide bonds. The highest BCUT2D eigenvalue weighted by molar-refractivity contribution is 14.1. The van der Waals surface area contributed by atoms with Gasteiger partial charge in [0, 0.05) is 40.6 Å². The molecule has 0 saturated heterocycles. The minimum Gasteiger partial charge on any atom is -0.309 e. The van der Waals surface area contributed by atoms with Gasteiger partial charge in [-0.3, -0.25) is 0 Å². The molecule has 0 N–H and O–H groups in total. The third-order valence-corrected chi connectivity index (χ3v) is 10.3. The van der Waals surface area contributed by atoms with Crippen LogP contribution in [0.1, 0.15) is 5.56 Å². The molecule has 0 aliphatic carbocycles. The Morgan fingerprint density at radius 2 is 1.14 bits per heavy atom. The molecule has 3 heterocycles. The molecule has 0 fully saturated rings. The fourth-order valence-corrected chi connectivity index (χ4v) is 8.38. The smallest absolute Gasteiger partial charge is 0.0992 e. The van der Waals surface area contributed by atoms with Crippen LogP contribution in [0.5, 0.6) is 0 Å². The molecule has 9 rings (SSSR count). The normalized spacial score (nSPS) is 11.9. The number of halogens is 1. The number of thiophene rings is 1. The summed E-state index contributed by atoms with van der Waals surface area (Å²) in [6.45, 7) is 0. The lowest BCUT2D eigenvalue weighted by molar-refractivity contribution is 1.20. The number of benzene rings is 6. The summed E-state index contributed by atoms with van der Waals surface area (Å²) >= 11 is 4.26. The Morgan fingerprint density at radius 3 is 1.90 bits per heavy atom. The van der Waals surface area contributed by atoms with Crippen molar-refractivity contribution in [2.75, 3.05) is 0 Å². The molecule has 0 aliphatic heterocycles. The number of hydrogen-bond donors (Lipinski definition) is 0. The molecule has 5 heteroatoms. The molecule has 3 aromatic heterocycles. The third kappa shape index (κ3) is 3.25. The van der Waals surface area contributed by atoms with E-state index in [-0.39, 0.29) is 0 Å². The van der Waals surface area contributed by atoms with Gasteiger partial charge in [0.1, 0.15) is 0 Å². The second-order valence-corrected chi connectivity index (χ2v) is 12.9. The van der Waals surface area contributed by atoms with Crippen LogP contribution >= 0.6 is 33.9 Å². The van der Waals surface area contributed by atoms with Crippen molar-refractivity contribution in [1.29, 1.82) is 5.26 Å². The lowest BCUT2D eigenvalue weighted by Gasteiger charge is -2.11. The first-order chi connectivity index (χ1) is 20.7. The molecule has 42 heavy (non-hydrogen) atoms. The summed E-state index contributed by atoms with van der Waals surface area (Å²) in [5, 5.41) is 17.1. The van der Waals surface area contributed by atoms with Crippen molar-refractivity contribution in [1.82, 2.24) is 9.13 Å². The topological polar surface area (TPSA) is 33.6 Å². The first kappa shape index (κ1) is 24.0. The Hall–Kier alpha value is -4.64. The average Bonchev–Trinajstić information content (AvgIpc) is 3.68. The van der Waals surface area contributed by atoms with Gasteiger partial charge in [0.25, 0.3) is 0 Å². The highest BCUT2D eigenvalue weighted by Gasteiger charge is 2.20. The predicted molar refractivity (Wildman–Crippen MR) is 185 cm³/mol. The SMILES string of the molecule is N#Cc1ccc2c3ccccc3n(-c3cccc4sc5c(-n6c7ccccc7c7ccc(I)cc76)cccc5c34)c2c1. The second-order valence-electron chi connectivity index (χ2n) is 10.6. The zero-order valence-electron chi connectivity index (χ0n) is 22.2. The molecular formula is C37H20IN3S. The Kier molecular flexibility index (Phi) is 5.10. The quantitative estimate of drug-likeness (QED) is 0.169. The van der Waals surface area contributed by atoms with E-state index in [2.05, 4.69) is 147 Å². The summed E-state index contributed by atoms with van der Waals surface area (Å²) in [7, 11) is 0. The van der Waals surface area contributed by atoms with E-state index in [9.17, 15) is 5.26 Å². The monoisotopic (exact) mass is 665 g/mol. The maximum absolute atomic E-state index is 9.74. The molecule has 0 bridgehead atoms. The van der Waals surface area contributed by atoms with Crippen LogP contribution in [0.15, 0.2) is 121 Å². The number of nitrogens with zero attached hydrogens (tertiary/aromatic N) is 3. The number of para-hydroxylation sites is 2. The van der Waals surface area contributed by atoms with E-state index in [1.807, 2.05) is 23.5 Å². The molecule has 196 valence electrons. The van der Waals surface area contributed by atoms with Gasteiger partial charge in [0.2, 0.25) is 0 Å². The van der Waals surface area contributed by atoms with Crippen molar-refractivity contribution < 1.29 is 0 Å². The Labute approximate surface area is 258 Å². The Balaban J connectivity index is 1.42. The van der Waals surface area contributed by atoms with Crippen molar-refractivity contribution in [3.63, 3.8) is 0 Å². The minimum absolute atomic E-state index is 0.664. The van der Waals surface area contributed by atoms with Gasteiger partial charge in [-0.1, -0.05) is 66.7 Å². The van der Waals surface area contributed by atoms with E-state index >= 15 is 0 Å². The van der Waals surface area contributed by atoms with Gasteiger partial charge in [-0.2, -0.15) is 5.26 Å². The van der Waals surface area contributed by atoms with Crippen LogP contribution in [0.25, 0.3) is 75.2 Å². The second kappa shape index (κ2) is 8.93. The van der Waals surface area contributed by atoms with Crippen LogP contribution in [-0.2, 0) is 0 Å². The fraction of sp³-hybridized carbons (Fsp3) is 0. The largest absolute Gasteiger partial charge is 0.309 e. The maximum Gasteiger partial charge on any atom is 0.0992 e. The standard InChI is InChI=1S/C37H20IN3S/c38-23-16-18-27-25-8-2-4-11-30(25)41(34(27)20-23)32-13-5-9-28-36-31(12-6-14-35(36)42-37(28)32)40-29-10-3-1-7-24(29)26-17-15-22(21-39)19-33(26)40/h1-20H. The number of aromatic nitrogens is 2. The third-order valence-electron chi connectivity index (χ3n) is 8.40. The fourth-order valence-electron chi connectivity index (χ4n) is 6.68. The highest BCUT2D eigenvalue weighted by Crippen LogP contribution is 2.44. The van der Waals surface area contributed by atoms with Crippen molar-refractivity contribution in [3.8, 4) is 17.4 Å². The maximum atomic E-state index is 9.74. The molecule has 0 aliphatic rings. The molecule has 6 aromatic carbocycles. The van der Waals surface area contributed by atoms with E-state index in [1.165, 1.54) is 56.6 Å². The summed E-state index contributed by atoms with van der Waals surface area (Å²) in [4.78, 5) is 0. The van der Waals surface area contributed by atoms with Crippen LogP contribution in [-0.4, -0.2) is 9.13 Å². The molecule has 9 aromatic rings. The van der Waals surface area contributed by atoms with Gasteiger partial charge < -0.3 is 9.13 Å².